The minimum absolute atomic E-state index is 0.0492. The predicted molar refractivity (Wildman–Crippen MR) is 130 cm³/mol. The molecule has 3 N–H and O–H groups in total. The monoisotopic (exact) mass is 490 g/mol. The van der Waals surface area contributed by atoms with Gasteiger partial charge < -0.3 is 25.2 Å². The molecular formula is C25H38N4O6. The zero-order chi connectivity index (χ0) is 25.8. The van der Waals surface area contributed by atoms with Gasteiger partial charge in [0.25, 0.3) is 5.91 Å². The number of carbonyl (C=O) groups is 3. The summed E-state index contributed by atoms with van der Waals surface area (Å²) in [6.45, 7) is 8.04. The highest BCUT2D eigenvalue weighted by Gasteiger charge is 2.43. The second kappa shape index (κ2) is 11.1. The Morgan fingerprint density at radius 2 is 1.91 bits per heavy atom. The zero-order valence-corrected chi connectivity index (χ0v) is 21.2. The molecule has 2 amide bonds. The SMILES string of the molecule is COC(=O)NC(C)(C)/C=C/n1ncc(C(=O)NC2C3CCCC2CC(C(=O)O)C3)c1OCC(C)C. The van der Waals surface area contributed by atoms with Crippen LogP contribution in [0.25, 0.3) is 6.20 Å². The number of rotatable bonds is 9. The third-order valence-corrected chi connectivity index (χ3v) is 6.78. The summed E-state index contributed by atoms with van der Waals surface area (Å²) in [5.41, 5.74) is -0.399. The number of carboxylic acids is 1. The van der Waals surface area contributed by atoms with E-state index >= 15 is 0 Å². The molecule has 3 rings (SSSR count). The van der Waals surface area contributed by atoms with E-state index in [-0.39, 0.29) is 35.6 Å². The van der Waals surface area contributed by atoms with Crippen LogP contribution in [0.4, 0.5) is 4.79 Å². The van der Waals surface area contributed by atoms with E-state index in [1.165, 1.54) is 18.0 Å². The van der Waals surface area contributed by atoms with Gasteiger partial charge in [-0.3, -0.25) is 9.59 Å². The van der Waals surface area contributed by atoms with E-state index in [1.54, 1.807) is 26.1 Å². The van der Waals surface area contributed by atoms with Gasteiger partial charge in [0.1, 0.15) is 5.56 Å². The number of nitrogens with zero attached hydrogens (tertiary/aromatic N) is 2. The normalized spacial score (nSPS) is 24.3. The third-order valence-electron chi connectivity index (χ3n) is 6.78. The number of methoxy groups -OCH3 is 1. The molecule has 0 spiro atoms. The Labute approximate surface area is 206 Å². The lowest BCUT2D eigenvalue weighted by Crippen LogP contribution is -2.52. The molecule has 2 aliphatic carbocycles. The molecule has 2 unspecified atom stereocenters. The first-order valence-electron chi connectivity index (χ1n) is 12.3. The van der Waals surface area contributed by atoms with Gasteiger partial charge in [0.2, 0.25) is 5.88 Å². The maximum atomic E-state index is 13.4. The lowest BCUT2D eigenvalue weighted by molar-refractivity contribution is -0.145. The van der Waals surface area contributed by atoms with Gasteiger partial charge >= 0.3 is 12.1 Å². The van der Waals surface area contributed by atoms with Gasteiger partial charge in [-0.25, -0.2) is 9.48 Å². The lowest BCUT2D eigenvalue weighted by Gasteiger charge is -2.45. The molecular weight excluding hydrogens is 452 g/mol. The number of carbonyl (C=O) groups excluding carboxylic acids is 2. The van der Waals surface area contributed by atoms with Gasteiger partial charge in [-0.1, -0.05) is 20.3 Å². The van der Waals surface area contributed by atoms with E-state index in [2.05, 4.69) is 20.5 Å². The highest BCUT2D eigenvalue weighted by Crippen LogP contribution is 2.43. The van der Waals surface area contributed by atoms with Crippen molar-refractivity contribution >= 4 is 24.2 Å². The van der Waals surface area contributed by atoms with Crippen molar-refractivity contribution < 1.29 is 29.0 Å². The second-order valence-corrected chi connectivity index (χ2v) is 10.6. The number of ether oxygens (including phenoxy) is 2. The van der Waals surface area contributed by atoms with E-state index in [0.29, 0.717) is 30.9 Å². The molecule has 194 valence electrons. The molecule has 0 aliphatic heterocycles. The van der Waals surface area contributed by atoms with E-state index < -0.39 is 17.6 Å². The van der Waals surface area contributed by atoms with Crippen LogP contribution >= 0.6 is 0 Å². The van der Waals surface area contributed by atoms with E-state index in [4.69, 9.17) is 4.74 Å². The Hall–Kier alpha value is -3.04. The molecule has 2 atom stereocenters. The fourth-order valence-electron chi connectivity index (χ4n) is 5.02. The molecule has 1 aromatic heterocycles. The highest BCUT2D eigenvalue weighted by atomic mass is 16.5. The smallest absolute Gasteiger partial charge is 0.407 e. The number of aromatic nitrogens is 2. The molecule has 2 bridgehead atoms. The molecule has 0 radical (unpaired) electrons. The van der Waals surface area contributed by atoms with Crippen molar-refractivity contribution in [1.82, 2.24) is 20.4 Å². The van der Waals surface area contributed by atoms with Crippen LogP contribution in [0.15, 0.2) is 12.3 Å². The molecule has 1 heterocycles. The summed E-state index contributed by atoms with van der Waals surface area (Å²) in [6.07, 6.45) is 8.41. The van der Waals surface area contributed by atoms with Crippen molar-refractivity contribution in [2.75, 3.05) is 13.7 Å². The van der Waals surface area contributed by atoms with Crippen LogP contribution in [0.1, 0.15) is 70.2 Å². The van der Waals surface area contributed by atoms with Gasteiger partial charge in [0.15, 0.2) is 0 Å². The van der Waals surface area contributed by atoms with Crippen molar-refractivity contribution in [3.05, 3.63) is 17.8 Å². The summed E-state index contributed by atoms with van der Waals surface area (Å²) in [7, 11) is 1.30. The Morgan fingerprint density at radius 3 is 2.49 bits per heavy atom. The summed E-state index contributed by atoms with van der Waals surface area (Å²) in [6, 6.07) is -0.0492. The van der Waals surface area contributed by atoms with Gasteiger partial charge in [-0.15, -0.1) is 0 Å². The fourth-order valence-corrected chi connectivity index (χ4v) is 5.02. The van der Waals surface area contributed by atoms with Crippen LogP contribution in [-0.4, -0.2) is 58.2 Å². The molecule has 2 fully saturated rings. The molecule has 10 heteroatoms. The minimum atomic E-state index is -0.742. The highest BCUT2D eigenvalue weighted by molar-refractivity contribution is 5.96. The van der Waals surface area contributed by atoms with Crippen molar-refractivity contribution in [3.63, 3.8) is 0 Å². The summed E-state index contributed by atoms with van der Waals surface area (Å²) < 4.78 is 12.1. The van der Waals surface area contributed by atoms with Crippen LogP contribution in [0, 0.1) is 23.7 Å². The number of hydrogen-bond donors (Lipinski definition) is 3. The van der Waals surface area contributed by atoms with Crippen LogP contribution in [0.3, 0.4) is 0 Å². The Kier molecular flexibility index (Phi) is 8.45. The molecule has 10 nitrogen and oxygen atoms in total. The Balaban J connectivity index is 1.80. The Bertz CT molecular complexity index is 940. The second-order valence-electron chi connectivity index (χ2n) is 10.6. The number of alkyl carbamates (subject to hydrolysis) is 1. The van der Waals surface area contributed by atoms with Crippen LogP contribution in [0.5, 0.6) is 5.88 Å². The van der Waals surface area contributed by atoms with Crippen LogP contribution in [0.2, 0.25) is 0 Å². The summed E-state index contributed by atoms with van der Waals surface area (Å²) >= 11 is 0. The third kappa shape index (κ3) is 6.76. The molecule has 0 aromatic carbocycles. The quantitative estimate of drug-likeness (QED) is 0.482. The predicted octanol–water partition coefficient (Wildman–Crippen LogP) is 3.53. The number of aliphatic carboxylic acids is 1. The number of hydrogen-bond acceptors (Lipinski definition) is 6. The molecule has 0 saturated heterocycles. The number of nitrogens with one attached hydrogen (secondary N) is 2. The summed E-state index contributed by atoms with van der Waals surface area (Å²) in [4.78, 5) is 36.5. The zero-order valence-electron chi connectivity index (χ0n) is 21.2. The lowest BCUT2D eigenvalue weighted by atomic mass is 9.64. The van der Waals surface area contributed by atoms with Crippen molar-refractivity contribution in [2.24, 2.45) is 23.7 Å². The maximum Gasteiger partial charge on any atom is 0.407 e. The van der Waals surface area contributed by atoms with Crippen molar-refractivity contribution in [2.45, 2.75) is 71.4 Å². The largest absolute Gasteiger partial charge is 0.481 e. The fraction of sp³-hybridized carbons (Fsp3) is 0.680. The van der Waals surface area contributed by atoms with E-state index in [1.807, 2.05) is 13.8 Å². The minimum Gasteiger partial charge on any atom is -0.481 e. The average molecular weight is 491 g/mol. The molecule has 2 saturated carbocycles. The van der Waals surface area contributed by atoms with Gasteiger partial charge in [-0.05, 0) is 63.4 Å². The summed E-state index contributed by atoms with van der Waals surface area (Å²) in [5.74, 6) is -0.467. The number of carboxylic acid groups (broad SMARTS) is 1. The first-order valence-corrected chi connectivity index (χ1v) is 12.3. The van der Waals surface area contributed by atoms with Crippen molar-refractivity contribution in [3.8, 4) is 5.88 Å². The van der Waals surface area contributed by atoms with Gasteiger partial charge in [0, 0.05) is 12.2 Å². The topological polar surface area (TPSA) is 132 Å². The Morgan fingerprint density at radius 1 is 1.26 bits per heavy atom. The summed E-state index contributed by atoms with van der Waals surface area (Å²) in [5, 5.41) is 19.7. The standard InChI is InChI=1S/C25H38N4O6/c1-15(2)14-35-22-19(13-26-29(22)10-9-25(3,4)28-24(33)34-5)21(30)27-20-16-7-6-8-17(20)12-18(11-16)23(31)32/h9-10,13,15-18,20H,6-8,11-12,14H2,1-5H3,(H,27,30)(H,28,33)(H,31,32)/b10-9+. The molecule has 1 aromatic rings. The van der Waals surface area contributed by atoms with E-state index in [9.17, 15) is 19.5 Å². The van der Waals surface area contributed by atoms with Crippen LogP contribution < -0.4 is 15.4 Å². The van der Waals surface area contributed by atoms with E-state index in [0.717, 1.165) is 19.3 Å². The maximum absolute atomic E-state index is 13.4. The number of amides is 2. The van der Waals surface area contributed by atoms with Gasteiger partial charge in [0.05, 0.1) is 31.4 Å². The molecule has 2 aliphatic rings. The number of fused-ring (bicyclic) bond motifs is 2. The van der Waals surface area contributed by atoms with Crippen molar-refractivity contribution in [1.29, 1.82) is 0 Å². The van der Waals surface area contributed by atoms with Gasteiger partial charge in [-0.2, -0.15) is 5.10 Å². The van der Waals surface area contributed by atoms with Crippen LogP contribution in [-0.2, 0) is 9.53 Å². The molecule has 35 heavy (non-hydrogen) atoms. The average Bonchev–Trinajstić information content (AvgIpc) is 3.18. The first-order chi connectivity index (χ1) is 16.5. The first kappa shape index (κ1) is 26.6.